The van der Waals surface area contributed by atoms with Crippen molar-refractivity contribution >= 4 is 11.9 Å². The van der Waals surface area contributed by atoms with Gasteiger partial charge >= 0.3 is 5.97 Å². The maximum atomic E-state index is 11.2. The number of rotatable bonds is 5. The Kier molecular flexibility index (Phi) is 4.55. The van der Waals surface area contributed by atoms with E-state index in [4.69, 9.17) is 9.84 Å². The van der Waals surface area contributed by atoms with E-state index in [1.807, 2.05) is 0 Å². The smallest absolute Gasteiger partial charge is 0.325 e. The average molecular weight is 215 g/mol. The third kappa shape index (κ3) is 4.29. The number of hydrogen-bond donors (Lipinski definition) is 2. The maximum Gasteiger partial charge on any atom is 0.325 e. The highest BCUT2D eigenvalue weighted by molar-refractivity contribution is 5.83. The molecular formula is C10H17NO4. The fraction of sp³-hybridized carbons (Fsp3) is 0.800. The summed E-state index contributed by atoms with van der Waals surface area (Å²) < 4.78 is 5.34. The maximum absolute atomic E-state index is 11.2. The van der Waals surface area contributed by atoms with Crippen LogP contribution in [0.3, 0.4) is 0 Å². The third-order valence-corrected chi connectivity index (χ3v) is 2.50. The predicted octanol–water partition coefficient (Wildman–Crippen LogP) is 0.535. The predicted molar refractivity (Wildman–Crippen MR) is 53.4 cm³/mol. The number of carbonyl (C=O) groups is 2. The second kappa shape index (κ2) is 5.70. The molecule has 1 aliphatic carbocycles. The van der Waals surface area contributed by atoms with E-state index in [9.17, 15) is 9.59 Å². The zero-order chi connectivity index (χ0) is 11.3. The average Bonchev–Trinajstić information content (AvgIpc) is 2.66. The van der Waals surface area contributed by atoms with Crippen molar-refractivity contribution in [2.75, 3.05) is 6.61 Å². The van der Waals surface area contributed by atoms with Crippen LogP contribution in [-0.4, -0.2) is 35.7 Å². The minimum absolute atomic E-state index is 0.0394. The summed E-state index contributed by atoms with van der Waals surface area (Å²) in [7, 11) is 0. The molecule has 1 fully saturated rings. The molecule has 0 aliphatic heterocycles. The van der Waals surface area contributed by atoms with Gasteiger partial charge in [-0.3, -0.25) is 9.59 Å². The molecule has 0 heterocycles. The summed E-state index contributed by atoms with van der Waals surface area (Å²) in [5.41, 5.74) is 0. The number of nitrogens with one attached hydrogen (secondary N) is 1. The molecule has 0 aromatic carbocycles. The molecule has 0 aromatic rings. The van der Waals surface area contributed by atoms with Gasteiger partial charge < -0.3 is 15.2 Å². The van der Waals surface area contributed by atoms with Gasteiger partial charge in [-0.1, -0.05) is 12.8 Å². The Balaban J connectivity index is 2.15. The van der Waals surface area contributed by atoms with Crippen LogP contribution in [0.15, 0.2) is 0 Å². The molecule has 0 aromatic heterocycles. The monoisotopic (exact) mass is 215 g/mol. The molecule has 0 bridgehead atoms. The molecule has 1 atom stereocenters. The van der Waals surface area contributed by atoms with E-state index in [0.29, 0.717) is 0 Å². The van der Waals surface area contributed by atoms with E-state index in [1.165, 1.54) is 6.92 Å². The van der Waals surface area contributed by atoms with E-state index in [-0.39, 0.29) is 18.6 Å². The van der Waals surface area contributed by atoms with Crippen LogP contribution in [0.25, 0.3) is 0 Å². The molecule has 0 saturated heterocycles. The Labute approximate surface area is 88.8 Å². The first kappa shape index (κ1) is 12.0. The fourth-order valence-electron chi connectivity index (χ4n) is 1.59. The number of aliphatic carboxylic acids is 1. The van der Waals surface area contributed by atoms with Gasteiger partial charge in [-0.25, -0.2) is 0 Å². The first-order chi connectivity index (χ1) is 7.09. The van der Waals surface area contributed by atoms with Crippen molar-refractivity contribution in [1.82, 2.24) is 5.32 Å². The van der Waals surface area contributed by atoms with Gasteiger partial charge in [-0.15, -0.1) is 0 Å². The number of carboxylic acids is 1. The Morgan fingerprint density at radius 2 is 2.07 bits per heavy atom. The third-order valence-electron chi connectivity index (χ3n) is 2.50. The van der Waals surface area contributed by atoms with Crippen LogP contribution in [0.2, 0.25) is 0 Å². The lowest BCUT2D eigenvalue weighted by atomic mass is 10.3. The van der Waals surface area contributed by atoms with Crippen molar-refractivity contribution in [3.8, 4) is 0 Å². The summed E-state index contributed by atoms with van der Waals surface area (Å²) in [6.45, 7) is 1.39. The molecule has 1 unspecified atom stereocenters. The molecule has 5 heteroatoms. The molecule has 1 amide bonds. The van der Waals surface area contributed by atoms with Crippen LogP contribution < -0.4 is 5.32 Å². The quantitative estimate of drug-likeness (QED) is 0.701. The molecule has 0 radical (unpaired) electrons. The van der Waals surface area contributed by atoms with Crippen LogP contribution in [0.4, 0.5) is 0 Å². The zero-order valence-electron chi connectivity index (χ0n) is 8.86. The normalized spacial score (nSPS) is 18.7. The van der Waals surface area contributed by atoms with E-state index in [0.717, 1.165) is 25.7 Å². The topological polar surface area (TPSA) is 75.6 Å². The first-order valence-corrected chi connectivity index (χ1v) is 5.23. The van der Waals surface area contributed by atoms with Crippen molar-refractivity contribution in [2.45, 2.75) is 44.8 Å². The molecule has 1 aliphatic rings. The molecule has 1 rings (SSSR count). The lowest BCUT2D eigenvalue weighted by molar-refractivity contribution is -0.142. The minimum atomic E-state index is -1.04. The molecule has 1 saturated carbocycles. The van der Waals surface area contributed by atoms with Crippen molar-refractivity contribution in [3.63, 3.8) is 0 Å². The van der Waals surface area contributed by atoms with Crippen molar-refractivity contribution in [1.29, 1.82) is 0 Å². The van der Waals surface area contributed by atoms with Crippen LogP contribution in [0.1, 0.15) is 32.6 Å². The highest BCUT2D eigenvalue weighted by Gasteiger charge is 2.18. The van der Waals surface area contributed by atoms with Gasteiger partial charge in [0.25, 0.3) is 0 Å². The first-order valence-electron chi connectivity index (χ1n) is 5.23. The van der Waals surface area contributed by atoms with Gasteiger partial charge in [0, 0.05) is 0 Å². The zero-order valence-corrected chi connectivity index (χ0v) is 8.86. The summed E-state index contributed by atoms with van der Waals surface area (Å²) in [4.78, 5) is 21.7. The number of amides is 1. The highest BCUT2D eigenvalue weighted by atomic mass is 16.5. The van der Waals surface area contributed by atoms with Gasteiger partial charge in [-0.2, -0.15) is 0 Å². The van der Waals surface area contributed by atoms with Gasteiger partial charge in [0.05, 0.1) is 6.10 Å². The number of ether oxygens (including phenoxy) is 1. The summed E-state index contributed by atoms with van der Waals surface area (Å²) in [5.74, 6) is -1.40. The van der Waals surface area contributed by atoms with Gasteiger partial charge in [0.15, 0.2) is 0 Å². The highest BCUT2D eigenvalue weighted by Crippen LogP contribution is 2.20. The lowest BCUT2D eigenvalue weighted by Crippen LogP contribution is -2.40. The van der Waals surface area contributed by atoms with Crippen molar-refractivity contribution < 1.29 is 19.4 Å². The minimum Gasteiger partial charge on any atom is -0.480 e. The summed E-state index contributed by atoms with van der Waals surface area (Å²) >= 11 is 0. The molecule has 15 heavy (non-hydrogen) atoms. The second-order valence-electron chi connectivity index (χ2n) is 3.84. The summed E-state index contributed by atoms with van der Waals surface area (Å²) in [6.07, 6.45) is 4.48. The largest absolute Gasteiger partial charge is 0.480 e. The van der Waals surface area contributed by atoms with Gasteiger partial charge in [0.2, 0.25) is 5.91 Å². The van der Waals surface area contributed by atoms with E-state index < -0.39 is 12.0 Å². The molecule has 5 nitrogen and oxygen atoms in total. The van der Waals surface area contributed by atoms with Crippen LogP contribution in [0, 0.1) is 0 Å². The number of carbonyl (C=O) groups excluding carboxylic acids is 1. The Bertz CT molecular complexity index is 236. The Morgan fingerprint density at radius 1 is 1.47 bits per heavy atom. The molecular weight excluding hydrogens is 198 g/mol. The fourth-order valence-corrected chi connectivity index (χ4v) is 1.59. The second-order valence-corrected chi connectivity index (χ2v) is 3.84. The Hall–Kier alpha value is -1.10. The van der Waals surface area contributed by atoms with Crippen molar-refractivity contribution in [3.05, 3.63) is 0 Å². The van der Waals surface area contributed by atoms with Crippen LogP contribution in [-0.2, 0) is 14.3 Å². The van der Waals surface area contributed by atoms with E-state index in [1.54, 1.807) is 0 Å². The van der Waals surface area contributed by atoms with Gasteiger partial charge in [-0.05, 0) is 19.8 Å². The lowest BCUT2D eigenvalue weighted by Gasteiger charge is -2.12. The van der Waals surface area contributed by atoms with E-state index >= 15 is 0 Å². The Morgan fingerprint density at radius 3 is 2.60 bits per heavy atom. The van der Waals surface area contributed by atoms with Crippen molar-refractivity contribution in [2.24, 2.45) is 0 Å². The van der Waals surface area contributed by atoms with Crippen LogP contribution in [0.5, 0.6) is 0 Å². The molecule has 0 spiro atoms. The van der Waals surface area contributed by atoms with Gasteiger partial charge in [0.1, 0.15) is 12.6 Å². The number of carboxylic acid groups (broad SMARTS) is 1. The summed E-state index contributed by atoms with van der Waals surface area (Å²) in [5, 5.41) is 10.9. The standard InChI is InChI=1S/C10H17NO4/c1-7(10(13)14)11-9(12)6-15-8-4-2-3-5-8/h7-8H,2-6H2,1H3,(H,11,12)(H,13,14). The molecule has 86 valence electrons. The van der Waals surface area contributed by atoms with Crippen LogP contribution >= 0.6 is 0 Å². The number of hydrogen-bond acceptors (Lipinski definition) is 3. The van der Waals surface area contributed by atoms with E-state index in [2.05, 4.69) is 5.32 Å². The SMILES string of the molecule is CC(NC(=O)COC1CCCC1)C(=O)O. The molecule has 2 N–H and O–H groups in total. The summed E-state index contributed by atoms with van der Waals surface area (Å²) in [6, 6.07) is -0.857.